The summed E-state index contributed by atoms with van der Waals surface area (Å²) in [4.78, 5) is 91.3. The van der Waals surface area contributed by atoms with E-state index in [4.69, 9.17) is 47.4 Å². The molecule has 668 valence electrons. The predicted molar refractivity (Wildman–Crippen MR) is 498 cm³/mol. The lowest BCUT2D eigenvalue weighted by molar-refractivity contribution is -0.115. The Morgan fingerprint density at radius 1 is 0.611 bits per heavy atom. The second-order valence-electron chi connectivity index (χ2n) is 27.9. The van der Waals surface area contributed by atoms with Crippen LogP contribution in [-0.4, -0.2) is 159 Å². The molecule has 0 bridgehead atoms. The standard InChI is InChI=1S/C24H21N5O7S2.C21H17ClN4O5S2.C21H18N6O2S2.C19H16N6O3S/c1-35-24(32)15-4-2-3-14-20(15)19(12-17(21(14)30)23(31)29-7-9-36-10-8-29)26-27-22-16-11-13(38(25,33)34)5-6-18(16)28-37-22;1-10(2)31-20(28)13-5-3-4-12-18(13)15(9-17(19(12)27)33(23,29)30)25-26-21-24-14-7-6-11(22)8-16(14)32-21;1-3-30-21-27-26-20(31-21)25-24-18-16(14-11-7-8-12-15(14)19(28)29-2)22-17(23-18)13-9-5-4-6-10-13;1-9-17(20-4)19(25-29-9)24-23-14-8-15(22-11(3)27)18(28)12-6-5-7-13(16(12)14)21-10(2)26/h2-6,11-12,30H,7-10H2,1H3,(H2,25,33,34);3-10,27H,1-2H3,(H2,23,29,30);4-12H,3H2,1-2H3,(H,22,23);5-8,28H,1-3H3,(H,21,26)(H,22,27). The van der Waals surface area contributed by atoms with Gasteiger partial charge in [-0.3, -0.25) is 14.4 Å². The van der Waals surface area contributed by atoms with E-state index < -0.39 is 60.6 Å². The van der Waals surface area contributed by atoms with E-state index in [-0.39, 0.29) is 105 Å². The Bertz CT molecular complexity index is 7440. The Balaban J connectivity index is 0.000000149. The number of phenols is 3. The summed E-state index contributed by atoms with van der Waals surface area (Å²) in [5, 5.41) is 93.4. The first-order chi connectivity index (χ1) is 62.7. The third kappa shape index (κ3) is 22.0. The smallest absolute Gasteiger partial charge is 0.339 e. The highest BCUT2D eigenvalue weighted by atomic mass is 35.5. The molecule has 6 heterocycles. The van der Waals surface area contributed by atoms with E-state index in [1.807, 2.05) is 49.4 Å². The number of amides is 3. The molecule has 1 saturated heterocycles. The zero-order valence-corrected chi connectivity index (χ0v) is 76.3. The third-order valence-corrected chi connectivity index (χ3v) is 25.0. The topological polar surface area (TPSA) is 544 Å². The molecule has 0 radical (unpaired) electrons. The number of esters is 3. The van der Waals surface area contributed by atoms with Crippen LogP contribution in [0.1, 0.15) is 80.9 Å². The van der Waals surface area contributed by atoms with Crippen LogP contribution in [0.3, 0.4) is 0 Å². The van der Waals surface area contributed by atoms with E-state index >= 15 is 0 Å². The minimum atomic E-state index is -4.30. The number of fused-ring (bicyclic) bond motifs is 5. The number of H-pyrrole nitrogens is 1. The number of sulfonamides is 2. The molecule has 0 aliphatic carbocycles. The molecule has 0 saturated carbocycles. The fourth-order valence-corrected chi connectivity index (χ4v) is 18.0. The number of nitrogens with one attached hydrogen (secondary N) is 3. The number of hydrogen-bond donors (Lipinski definition) is 8. The molecule has 3 amide bonds. The van der Waals surface area contributed by atoms with Crippen molar-refractivity contribution < 1.29 is 79.9 Å². The molecule has 15 aromatic rings. The van der Waals surface area contributed by atoms with Crippen molar-refractivity contribution in [3.63, 3.8) is 0 Å². The number of ether oxygens (including phenoxy) is 4. The Morgan fingerprint density at radius 2 is 1.21 bits per heavy atom. The number of carbonyl (C=O) groups is 6. The van der Waals surface area contributed by atoms with Gasteiger partial charge >= 0.3 is 17.9 Å². The van der Waals surface area contributed by atoms with Crippen LogP contribution in [0.5, 0.6) is 17.2 Å². The molecule has 10 N–H and O–H groups in total. The summed E-state index contributed by atoms with van der Waals surface area (Å²) < 4.78 is 78.2. The molecular weight excluding hydrogens is 1850 g/mol. The summed E-state index contributed by atoms with van der Waals surface area (Å²) in [5.41, 5.74) is 5.12. The second-order valence-corrected chi connectivity index (χ2v) is 36.6. The van der Waals surface area contributed by atoms with Crippen molar-refractivity contribution in [3.05, 3.63) is 207 Å². The lowest BCUT2D eigenvalue weighted by Crippen LogP contribution is -2.40. The van der Waals surface area contributed by atoms with Crippen molar-refractivity contribution in [1.29, 1.82) is 0 Å². The number of morpholine rings is 1. The van der Waals surface area contributed by atoms with Crippen LogP contribution in [0.2, 0.25) is 5.02 Å². The van der Waals surface area contributed by atoms with E-state index in [0.29, 0.717) is 103 Å². The number of aryl methyl sites for hydroxylation is 1. The number of benzene rings is 10. The van der Waals surface area contributed by atoms with Gasteiger partial charge in [0.2, 0.25) is 48.5 Å². The Kier molecular flexibility index (Phi) is 29.8. The van der Waals surface area contributed by atoms with Gasteiger partial charge in [0.1, 0.15) is 28.0 Å². The maximum absolute atomic E-state index is 13.3. The number of imidazole rings is 1. The van der Waals surface area contributed by atoms with Crippen LogP contribution in [-0.2, 0) is 48.6 Å². The molecule has 5 aromatic heterocycles. The normalized spacial score (nSPS) is 12.3. The number of thiazole rings is 1. The Morgan fingerprint density at radius 3 is 1.89 bits per heavy atom. The number of primary sulfonamides is 2. The highest BCUT2D eigenvalue weighted by Gasteiger charge is 2.30. The number of nitrogens with zero attached hydrogens (tertiary/aromatic N) is 16. The van der Waals surface area contributed by atoms with Crippen LogP contribution < -0.4 is 20.9 Å². The van der Waals surface area contributed by atoms with Crippen molar-refractivity contribution in [2.24, 2.45) is 51.2 Å². The maximum atomic E-state index is 13.3. The number of aromatic hydroxyl groups is 3. The number of aromatic nitrogens is 7. The van der Waals surface area contributed by atoms with Gasteiger partial charge in [-0.15, -0.1) is 51.1 Å². The van der Waals surface area contributed by atoms with Gasteiger partial charge in [0.05, 0.1) is 117 Å². The van der Waals surface area contributed by atoms with Crippen LogP contribution in [0.25, 0.3) is 80.9 Å². The molecule has 0 unspecified atom stereocenters. The number of carbonyl (C=O) groups excluding carboxylic acids is 6. The number of halogens is 1. The molecule has 16 rings (SSSR count). The van der Waals surface area contributed by atoms with Crippen LogP contribution in [0.15, 0.2) is 219 Å². The molecular formula is C85H72ClN21O17S7. The van der Waals surface area contributed by atoms with Crippen LogP contribution in [0, 0.1) is 13.5 Å². The number of nitrogens with two attached hydrogens (primary N) is 2. The van der Waals surface area contributed by atoms with Gasteiger partial charge in [-0.1, -0.05) is 149 Å². The summed E-state index contributed by atoms with van der Waals surface area (Å²) in [6.45, 7) is 18.6. The quantitative estimate of drug-likeness (QED) is 0.00827. The first-order valence-electron chi connectivity index (χ1n) is 38.6. The molecule has 0 atom stereocenters. The van der Waals surface area contributed by atoms with Gasteiger partial charge in [0.15, 0.2) is 15.2 Å². The zero-order valence-electron chi connectivity index (χ0n) is 69.8. The molecule has 1 fully saturated rings. The summed E-state index contributed by atoms with van der Waals surface area (Å²) in [6, 6.07) is 44.1. The summed E-state index contributed by atoms with van der Waals surface area (Å²) in [5.74, 6) is -1.88. The lowest BCUT2D eigenvalue weighted by Gasteiger charge is -2.27. The van der Waals surface area contributed by atoms with Crippen molar-refractivity contribution in [1.82, 2.24) is 38.8 Å². The van der Waals surface area contributed by atoms with Gasteiger partial charge in [-0.05, 0) is 117 Å². The Labute approximate surface area is 769 Å². The molecule has 1 aliphatic rings. The van der Waals surface area contributed by atoms with Crippen LogP contribution in [0.4, 0.5) is 61.0 Å². The summed E-state index contributed by atoms with van der Waals surface area (Å²) in [6.07, 6.45) is -0.398. The van der Waals surface area contributed by atoms with Gasteiger partial charge in [-0.2, -0.15) is 8.75 Å². The number of thioether (sulfide) groups is 1. The van der Waals surface area contributed by atoms with Gasteiger partial charge in [-0.25, -0.2) is 56.3 Å². The van der Waals surface area contributed by atoms with Crippen molar-refractivity contribution >= 4 is 239 Å². The Hall–Kier alpha value is -14.3. The molecule has 0 spiro atoms. The molecule has 1 aliphatic heterocycles. The molecule has 46 heteroatoms. The molecule has 131 heavy (non-hydrogen) atoms. The SMILES string of the molecule is CC(C)OC(=O)c1cccc2c(O)c(S(N)(=O)=O)cc(N=Nc3nc4ccc(Cl)cc4s3)c12.CCSc1nnc(N=Nc2nc(-c3ccccc3)[nH]c2-c2ccccc2C(=O)OC)s1.COC(=O)c1cccc2c(O)c(C(=O)N3CCOCC3)cc(N=Nc3snc4ccc(S(N)(=O)=O)cc34)c12.[C-]#[N+]c1c(N=Nc2cc(NC(C)=O)c(O)c3cccc(NC(C)=O)c23)nsc1C. The highest BCUT2D eigenvalue weighted by Crippen LogP contribution is 2.48. The average Bonchev–Trinajstić information content (AvgIpc) is 1.27. The number of phenolic OH excluding ortho intramolecular Hbond substituents is 3. The van der Waals surface area contributed by atoms with Gasteiger partial charge in [0.25, 0.3) is 11.0 Å². The number of methoxy groups -OCH3 is 2. The number of rotatable bonds is 21. The number of hydrogen-bond acceptors (Lipinski definition) is 36. The van der Waals surface area contributed by atoms with Gasteiger partial charge in [0, 0.05) is 85.7 Å². The predicted octanol–water partition coefficient (Wildman–Crippen LogP) is 20.0. The lowest BCUT2D eigenvalue weighted by atomic mass is 9.98. The number of aromatic amines is 1. The minimum absolute atomic E-state index is 0.000389. The number of anilines is 2. The summed E-state index contributed by atoms with van der Waals surface area (Å²) >= 11 is 12.3. The maximum Gasteiger partial charge on any atom is 0.339 e. The van der Waals surface area contributed by atoms with E-state index in [1.54, 1.807) is 98.1 Å². The summed E-state index contributed by atoms with van der Waals surface area (Å²) in [7, 11) is -5.68. The zero-order chi connectivity index (χ0) is 93.7. The van der Waals surface area contributed by atoms with Crippen molar-refractivity contribution in [3.8, 4) is 39.9 Å². The van der Waals surface area contributed by atoms with E-state index in [0.717, 1.165) is 54.4 Å². The van der Waals surface area contributed by atoms with Gasteiger partial charge < -0.3 is 54.8 Å². The average molecular weight is 1920 g/mol. The van der Waals surface area contributed by atoms with E-state index in [1.165, 1.54) is 105 Å². The van der Waals surface area contributed by atoms with Crippen LogP contribution >= 0.6 is 69.1 Å². The van der Waals surface area contributed by atoms with E-state index in [9.17, 15) is 60.9 Å². The fourth-order valence-electron chi connectivity index (χ4n) is 13.0. The second kappa shape index (κ2) is 41.4. The van der Waals surface area contributed by atoms with Crippen molar-refractivity contribution in [2.45, 2.75) is 61.8 Å². The number of azo groups is 4. The molecule has 38 nitrogen and oxygen atoms in total. The first kappa shape index (κ1) is 94.3. The first-order valence-corrected chi connectivity index (χ1v) is 46.3. The molecule has 10 aromatic carbocycles. The third-order valence-electron chi connectivity index (χ3n) is 18.7. The highest BCUT2D eigenvalue weighted by molar-refractivity contribution is 8.01. The minimum Gasteiger partial charge on any atom is -0.506 e. The van der Waals surface area contributed by atoms with E-state index in [2.05, 4.69) is 90.3 Å². The monoisotopic (exact) mass is 1920 g/mol. The largest absolute Gasteiger partial charge is 0.506 e. The van der Waals surface area contributed by atoms with Crippen molar-refractivity contribution in [2.75, 3.05) is 56.9 Å². The fraction of sp³-hybridized carbons (Fsp3) is 0.165.